The predicted octanol–water partition coefficient (Wildman–Crippen LogP) is 8.14. The van der Waals surface area contributed by atoms with Crippen molar-refractivity contribution >= 4 is 11.8 Å². The van der Waals surface area contributed by atoms with Crippen molar-refractivity contribution in [2.24, 2.45) is 11.3 Å². The highest BCUT2D eigenvalue weighted by Crippen LogP contribution is 2.50. The van der Waals surface area contributed by atoms with Crippen LogP contribution in [0.5, 0.6) is 5.75 Å². The van der Waals surface area contributed by atoms with E-state index in [0.717, 1.165) is 41.7 Å². The van der Waals surface area contributed by atoms with Gasteiger partial charge in [-0.1, -0.05) is 87.4 Å². The first-order valence-corrected chi connectivity index (χ1v) is 15.5. The minimum Gasteiger partial charge on any atom is -0.507 e. The van der Waals surface area contributed by atoms with Crippen molar-refractivity contribution < 1.29 is 19.4 Å². The molecule has 0 aromatic heterocycles. The molecule has 230 valence electrons. The van der Waals surface area contributed by atoms with Crippen molar-refractivity contribution in [1.29, 1.82) is 0 Å². The van der Waals surface area contributed by atoms with E-state index in [0.29, 0.717) is 24.5 Å². The number of hydrazine groups is 1. The molecule has 2 aliphatic rings. The number of aromatic hydroxyl groups is 1. The average molecular weight is 569 g/mol. The van der Waals surface area contributed by atoms with Gasteiger partial charge in [-0.05, 0) is 84.5 Å². The SMILES string of the molecule is CC.CC(C)c1cc(CCC(=O)NNC(=O)CCC2C=C3C(=C(C(C)(C)C)CC2)OC3(C)C)cc(C(C)(C)C)c1O. The molecule has 6 heteroatoms. The molecule has 1 aromatic rings. The largest absolute Gasteiger partial charge is 0.507 e. The first-order valence-electron chi connectivity index (χ1n) is 15.5. The van der Waals surface area contributed by atoms with Crippen LogP contribution in [0, 0.1) is 11.3 Å². The Balaban J connectivity index is 0.00000287. The summed E-state index contributed by atoms with van der Waals surface area (Å²) in [5.41, 5.74) is 10.1. The zero-order valence-corrected chi connectivity index (χ0v) is 27.8. The van der Waals surface area contributed by atoms with Gasteiger partial charge in [0.15, 0.2) is 0 Å². The molecule has 0 spiro atoms. The number of carbonyl (C=O) groups excluding carboxylic acids is 2. The molecule has 0 bridgehead atoms. The predicted molar refractivity (Wildman–Crippen MR) is 169 cm³/mol. The number of phenolic OH excluding ortho intramolecular Hbond substituents is 1. The first kappa shape index (κ1) is 34.4. The van der Waals surface area contributed by atoms with Crippen LogP contribution in [0.4, 0.5) is 0 Å². The Labute approximate surface area is 249 Å². The molecule has 0 radical (unpaired) electrons. The molecule has 0 saturated carbocycles. The van der Waals surface area contributed by atoms with Crippen molar-refractivity contribution in [2.75, 3.05) is 0 Å². The van der Waals surface area contributed by atoms with Crippen LogP contribution < -0.4 is 10.9 Å². The van der Waals surface area contributed by atoms with Crippen LogP contribution in [-0.2, 0) is 26.2 Å². The Kier molecular flexibility index (Phi) is 11.3. The summed E-state index contributed by atoms with van der Waals surface area (Å²) < 4.78 is 6.16. The average Bonchev–Trinajstić information content (AvgIpc) is 3.03. The summed E-state index contributed by atoms with van der Waals surface area (Å²) in [4.78, 5) is 25.1. The van der Waals surface area contributed by atoms with E-state index in [9.17, 15) is 14.7 Å². The number of rotatable bonds is 7. The van der Waals surface area contributed by atoms with Crippen molar-refractivity contribution in [2.45, 2.75) is 139 Å². The quantitative estimate of drug-likeness (QED) is 0.290. The minimum absolute atomic E-state index is 0.0479. The second kappa shape index (κ2) is 13.5. The van der Waals surface area contributed by atoms with Gasteiger partial charge in [-0.3, -0.25) is 20.4 Å². The highest BCUT2D eigenvalue weighted by atomic mass is 16.5. The van der Waals surface area contributed by atoms with Crippen LogP contribution in [0.1, 0.15) is 138 Å². The molecule has 1 aliphatic heterocycles. The second-order valence-electron chi connectivity index (χ2n) is 14.2. The van der Waals surface area contributed by atoms with Crippen LogP contribution in [0.3, 0.4) is 0 Å². The lowest BCUT2D eigenvalue weighted by molar-refractivity contribution is -0.129. The van der Waals surface area contributed by atoms with E-state index in [1.807, 2.05) is 26.0 Å². The summed E-state index contributed by atoms with van der Waals surface area (Å²) in [5, 5.41) is 10.8. The van der Waals surface area contributed by atoms with Crippen molar-refractivity contribution in [3.63, 3.8) is 0 Å². The Bertz CT molecular complexity index is 1160. The molecule has 41 heavy (non-hydrogen) atoms. The van der Waals surface area contributed by atoms with Gasteiger partial charge in [0.2, 0.25) is 11.8 Å². The summed E-state index contributed by atoms with van der Waals surface area (Å²) in [7, 11) is 0. The normalized spacial score (nSPS) is 18.2. The number of allylic oxidation sites excluding steroid dienone is 2. The maximum absolute atomic E-state index is 12.6. The number of hydrogen-bond acceptors (Lipinski definition) is 4. The summed E-state index contributed by atoms with van der Waals surface area (Å²) in [6.45, 7) is 25.2. The number of carbonyl (C=O) groups is 2. The molecule has 1 fully saturated rings. The van der Waals surface area contributed by atoms with Gasteiger partial charge in [-0.2, -0.15) is 0 Å². The molecule has 3 N–H and O–H groups in total. The molecule has 1 unspecified atom stereocenters. The Hall–Kier alpha value is -2.76. The lowest BCUT2D eigenvalue weighted by Crippen LogP contribution is -2.41. The van der Waals surface area contributed by atoms with Crippen LogP contribution in [0.15, 0.2) is 35.1 Å². The fourth-order valence-corrected chi connectivity index (χ4v) is 5.51. The monoisotopic (exact) mass is 568 g/mol. The van der Waals surface area contributed by atoms with Crippen LogP contribution in [0.2, 0.25) is 0 Å². The van der Waals surface area contributed by atoms with Gasteiger partial charge < -0.3 is 9.84 Å². The number of phenols is 1. The molecule has 1 atom stereocenters. The number of aryl methyl sites for hydroxylation is 1. The fraction of sp³-hybridized carbons (Fsp3) is 0.657. The van der Waals surface area contributed by atoms with Gasteiger partial charge >= 0.3 is 0 Å². The summed E-state index contributed by atoms with van der Waals surface area (Å²) in [5.74, 6) is 1.46. The van der Waals surface area contributed by atoms with Crippen LogP contribution >= 0.6 is 0 Å². The summed E-state index contributed by atoms with van der Waals surface area (Å²) >= 11 is 0. The Morgan fingerprint density at radius 1 is 1.00 bits per heavy atom. The molecule has 1 heterocycles. The van der Waals surface area contributed by atoms with Gasteiger partial charge in [0.1, 0.15) is 17.1 Å². The Morgan fingerprint density at radius 3 is 2.10 bits per heavy atom. The maximum Gasteiger partial charge on any atom is 0.238 e. The lowest BCUT2D eigenvalue weighted by Gasteiger charge is -2.44. The van der Waals surface area contributed by atoms with Crippen LogP contribution in [-0.4, -0.2) is 22.5 Å². The standard InChI is InChI=1S/C33H50N2O4.C2H6/c1-20(2)23-17-22(19-25(29(23)38)32(6,7)8)13-16-28(37)35-34-27(36)15-12-21-11-14-24(31(3,4)5)30-26(18-21)33(9,10)39-30;1-2/h17-21,38H,11-16H2,1-10H3,(H,34,36)(H,35,37);1-2H3. The van der Waals surface area contributed by atoms with Gasteiger partial charge in [0, 0.05) is 18.4 Å². The number of hydrogen-bond donors (Lipinski definition) is 3. The lowest BCUT2D eigenvalue weighted by atomic mass is 9.78. The number of fused-ring (bicyclic) bond motifs is 1. The highest BCUT2D eigenvalue weighted by molar-refractivity contribution is 5.82. The van der Waals surface area contributed by atoms with Gasteiger partial charge in [-0.25, -0.2) is 0 Å². The highest BCUT2D eigenvalue weighted by Gasteiger charge is 2.45. The van der Waals surface area contributed by atoms with Gasteiger partial charge in [0.05, 0.1) is 0 Å². The van der Waals surface area contributed by atoms with E-state index < -0.39 is 0 Å². The van der Waals surface area contributed by atoms with Crippen LogP contribution in [0.25, 0.3) is 0 Å². The summed E-state index contributed by atoms with van der Waals surface area (Å²) in [6, 6.07) is 3.98. The molecule has 1 saturated heterocycles. The number of benzene rings is 1. The van der Waals surface area contributed by atoms with E-state index in [-0.39, 0.29) is 40.6 Å². The third kappa shape index (κ3) is 8.86. The van der Waals surface area contributed by atoms with E-state index in [2.05, 4.69) is 86.2 Å². The first-order chi connectivity index (χ1) is 18.9. The number of ether oxygens (including phenoxy) is 1. The number of amides is 2. The molecule has 1 aliphatic carbocycles. The maximum atomic E-state index is 12.6. The molecule has 2 amide bonds. The van der Waals surface area contributed by atoms with Crippen molar-refractivity contribution in [1.82, 2.24) is 10.9 Å². The zero-order chi connectivity index (χ0) is 31.3. The smallest absolute Gasteiger partial charge is 0.238 e. The van der Waals surface area contributed by atoms with Gasteiger partial charge in [0.25, 0.3) is 0 Å². The minimum atomic E-state index is -0.286. The van der Waals surface area contributed by atoms with Crippen molar-refractivity contribution in [3.05, 3.63) is 51.8 Å². The molecular formula is C35H56N2O4. The van der Waals surface area contributed by atoms with Gasteiger partial charge in [-0.15, -0.1) is 0 Å². The topological polar surface area (TPSA) is 87.7 Å². The van der Waals surface area contributed by atoms with E-state index in [4.69, 9.17) is 4.74 Å². The van der Waals surface area contributed by atoms with E-state index in [1.165, 1.54) is 11.1 Å². The third-order valence-electron chi connectivity index (χ3n) is 7.95. The van der Waals surface area contributed by atoms with Crippen molar-refractivity contribution in [3.8, 4) is 5.75 Å². The zero-order valence-electron chi connectivity index (χ0n) is 27.8. The van der Waals surface area contributed by atoms with E-state index >= 15 is 0 Å². The summed E-state index contributed by atoms with van der Waals surface area (Å²) in [6.07, 6.45) is 6.11. The molecule has 3 rings (SSSR count). The van der Waals surface area contributed by atoms with E-state index in [1.54, 1.807) is 0 Å². The number of nitrogens with one attached hydrogen (secondary N) is 2. The molecule has 1 aromatic carbocycles. The Morgan fingerprint density at radius 2 is 1.59 bits per heavy atom. The second-order valence-corrected chi connectivity index (χ2v) is 14.2. The molecule has 6 nitrogen and oxygen atoms in total. The third-order valence-corrected chi connectivity index (χ3v) is 7.95. The molecular weight excluding hydrogens is 512 g/mol. The fourth-order valence-electron chi connectivity index (χ4n) is 5.51.